The first-order valence-corrected chi connectivity index (χ1v) is 6.92. The summed E-state index contributed by atoms with van der Waals surface area (Å²) in [5, 5.41) is 19.3. The summed E-state index contributed by atoms with van der Waals surface area (Å²) < 4.78 is 0. The van der Waals surface area contributed by atoms with Gasteiger partial charge in [0.2, 0.25) is 5.91 Å². The van der Waals surface area contributed by atoms with Crippen LogP contribution in [0.25, 0.3) is 6.08 Å². The van der Waals surface area contributed by atoms with E-state index in [4.69, 9.17) is 5.11 Å². The number of amides is 1. The molecular weight excluding hydrogens is 288 g/mol. The Morgan fingerprint density at radius 2 is 1.95 bits per heavy atom. The van der Waals surface area contributed by atoms with E-state index < -0.39 is 10.9 Å². The third-order valence-corrected chi connectivity index (χ3v) is 3.36. The maximum atomic E-state index is 12.1. The van der Waals surface area contributed by atoms with E-state index in [1.807, 2.05) is 0 Å². The average Bonchev–Trinajstić information content (AvgIpc) is 3.30. The van der Waals surface area contributed by atoms with Crippen molar-refractivity contribution in [1.29, 1.82) is 0 Å². The molecule has 22 heavy (non-hydrogen) atoms. The van der Waals surface area contributed by atoms with Crippen LogP contribution < -0.4 is 0 Å². The van der Waals surface area contributed by atoms with E-state index in [-0.39, 0.29) is 30.6 Å². The van der Waals surface area contributed by atoms with Crippen molar-refractivity contribution in [3.05, 3.63) is 46.0 Å². The number of hydrogen-bond donors (Lipinski definition) is 1. The standard InChI is InChI=1S/C15H16N2O5/c18-14(16(12-6-7-12)10-9-15(19)20)8-3-11-1-4-13(5-2-11)17(21)22/h1-5,8,12H,6-7,9-10H2,(H,19,20)/b8-3+. The number of carbonyl (C=O) groups is 2. The zero-order valence-electron chi connectivity index (χ0n) is 11.8. The summed E-state index contributed by atoms with van der Waals surface area (Å²) >= 11 is 0. The molecule has 1 aromatic carbocycles. The molecule has 1 saturated carbocycles. The number of nitro groups is 1. The fraction of sp³-hybridized carbons (Fsp3) is 0.333. The van der Waals surface area contributed by atoms with Crippen molar-refractivity contribution in [1.82, 2.24) is 4.90 Å². The van der Waals surface area contributed by atoms with Gasteiger partial charge in [-0.25, -0.2) is 0 Å². The molecular formula is C15H16N2O5. The maximum absolute atomic E-state index is 12.1. The van der Waals surface area contributed by atoms with Gasteiger partial charge < -0.3 is 10.0 Å². The van der Waals surface area contributed by atoms with E-state index in [2.05, 4.69) is 0 Å². The Bertz CT molecular complexity index is 605. The number of nitrogens with zero attached hydrogens (tertiary/aromatic N) is 2. The highest BCUT2D eigenvalue weighted by Crippen LogP contribution is 2.27. The van der Waals surface area contributed by atoms with Gasteiger partial charge in [-0.15, -0.1) is 0 Å². The minimum absolute atomic E-state index is 0.00968. The molecule has 2 rings (SSSR count). The third kappa shape index (κ3) is 4.41. The van der Waals surface area contributed by atoms with E-state index in [0.29, 0.717) is 5.56 Å². The first-order valence-electron chi connectivity index (χ1n) is 6.92. The number of carboxylic acid groups (broad SMARTS) is 1. The monoisotopic (exact) mass is 304 g/mol. The summed E-state index contributed by atoms with van der Waals surface area (Å²) in [7, 11) is 0. The second kappa shape index (κ2) is 6.84. The minimum atomic E-state index is -0.933. The normalized spacial score (nSPS) is 14.0. The van der Waals surface area contributed by atoms with Crippen molar-refractivity contribution in [2.24, 2.45) is 0 Å². The van der Waals surface area contributed by atoms with Gasteiger partial charge in [-0.2, -0.15) is 0 Å². The molecule has 0 heterocycles. The van der Waals surface area contributed by atoms with Crippen LogP contribution in [-0.2, 0) is 9.59 Å². The topological polar surface area (TPSA) is 101 Å². The lowest BCUT2D eigenvalue weighted by Crippen LogP contribution is -2.33. The Morgan fingerprint density at radius 1 is 1.32 bits per heavy atom. The van der Waals surface area contributed by atoms with Crippen LogP contribution in [0.1, 0.15) is 24.8 Å². The smallest absolute Gasteiger partial charge is 0.305 e. The molecule has 7 heteroatoms. The molecule has 1 aliphatic carbocycles. The summed E-state index contributed by atoms with van der Waals surface area (Å²) in [5.41, 5.74) is 0.664. The molecule has 0 bridgehead atoms. The highest BCUT2D eigenvalue weighted by molar-refractivity contribution is 5.92. The molecule has 1 N–H and O–H groups in total. The Kier molecular flexibility index (Phi) is 4.88. The maximum Gasteiger partial charge on any atom is 0.305 e. The second-order valence-corrected chi connectivity index (χ2v) is 5.09. The molecule has 0 atom stereocenters. The average molecular weight is 304 g/mol. The summed E-state index contributed by atoms with van der Waals surface area (Å²) in [4.78, 5) is 34.4. The van der Waals surface area contributed by atoms with Gasteiger partial charge in [-0.05, 0) is 36.6 Å². The van der Waals surface area contributed by atoms with Crippen LogP contribution in [0.15, 0.2) is 30.3 Å². The molecule has 1 fully saturated rings. The summed E-state index contributed by atoms with van der Waals surface area (Å²) in [6, 6.07) is 5.98. The number of aliphatic carboxylic acids is 1. The van der Waals surface area contributed by atoms with E-state index in [1.54, 1.807) is 23.1 Å². The predicted octanol–water partition coefficient (Wildman–Crippen LogP) is 2.07. The summed E-state index contributed by atoms with van der Waals surface area (Å²) in [5.74, 6) is -1.17. The number of hydrogen-bond acceptors (Lipinski definition) is 4. The van der Waals surface area contributed by atoms with Gasteiger partial charge in [-0.1, -0.05) is 0 Å². The predicted molar refractivity (Wildman–Crippen MR) is 79.1 cm³/mol. The van der Waals surface area contributed by atoms with Gasteiger partial charge in [0.05, 0.1) is 11.3 Å². The van der Waals surface area contributed by atoms with Crippen LogP contribution >= 0.6 is 0 Å². The van der Waals surface area contributed by atoms with Crippen LogP contribution in [0.2, 0.25) is 0 Å². The molecule has 1 amide bonds. The molecule has 0 saturated heterocycles. The van der Waals surface area contributed by atoms with Crippen LogP contribution in [0, 0.1) is 10.1 Å². The van der Waals surface area contributed by atoms with E-state index >= 15 is 0 Å². The first kappa shape index (κ1) is 15.7. The van der Waals surface area contributed by atoms with Crippen LogP contribution in [0.5, 0.6) is 0 Å². The van der Waals surface area contributed by atoms with Gasteiger partial charge >= 0.3 is 5.97 Å². The Labute approximate surface area is 127 Å². The Morgan fingerprint density at radius 3 is 2.45 bits per heavy atom. The quantitative estimate of drug-likeness (QED) is 0.472. The molecule has 0 radical (unpaired) electrons. The Balaban J connectivity index is 1.99. The molecule has 0 aromatic heterocycles. The number of nitro benzene ring substituents is 1. The first-order chi connectivity index (χ1) is 10.5. The lowest BCUT2D eigenvalue weighted by Gasteiger charge is -2.19. The van der Waals surface area contributed by atoms with Crippen molar-refractivity contribution >= 4 is 23.6 Å². The number of carbonyl (C=O) groups excluding carboxylic acids is 1. The number of non-ortho nitro benzene ring substituents is 1. The zero-order chi connectivity index (χ0) is 16.1. The van der Waals surface area contributed by atoms with Gasteiger partial charge in [-0.3, -0.25) is 19.7 Å². The second-order valence-electron chi connectivity index (χ2n) is 5.09. The van der Waals surface area contributed by atoms with Crippen molar-refractivity contribution in [3.8, 4) is 0 Å². The SMILES string of the molecule is O=C(O)CCN(C(=O)/C=C/c1ccc([N+](=O)[O-])cc1)C1CC1. The van der Waals surface area contributed by atoms with Crippen LogP contribution in [-0.4, -0.2) is 39.4 Å². The van der Waals surface area contributed by atoms with Crippen molar-refractivity contribution in [3.63, 3.8) is 0 Å². The third-order valence-electron chi connectivity index (χ3n) is 3.36. The van der Waals surface area contributed by atoms with Crippen LogP contribution in [0.3, 0.4) is 0 Å². The number of rotatable bonds is 7. The van der Waals surface area contributed by atoms with Gasteiger partial charge in [0.25, 0.3) is 5.69 Å². The molecule has 0 spiro atoms. The molecule has 0 unspecified atom stereocenters. The number of carboxylic acids is 1. The highest BCUT2D eigenvalue weighted by Gasteiger charge is 2.31. The van der Waals surface area contributed by atoms with Crippen molar-refractivity contribution in [2.75, 3.05) is 6.54 Å². The Hall–Kier alpha value is -2.70. The molecule has 1 aromatic rings. The molecule has 116 valence electrons. The highest BCUT2D eigenvalue weighted by atomic mass is 16.6. The van der Waals surface area contributed by atoms with Crippen LogP contribution in [0.4, 0.5) is 5.69 Å². The fourth-order valence-electron chi connectivity index (χ4n) is 2.05. The minimum Gasteiger partial charge on any atom is -0.481 e. The van der Waals surface area contributed by atoms with Gasteiger partial charge in [0.15, 0.2) is 0 Å². The van der Waals surface area contributed by atoms with Crippen molar-refractivity contribution < 1.29 is 19.6 Å². The zero-order valence-corrected chi connectivity index (χ0v) is 11.8. The molecule has 7 nitrogen and oxygen atoms in total. The van der Waals surface area contributed by atoms with Gasteiger partial charge in [0, 0.05) is 30.8 Å². The lowest BCUT2D eigenvalue weighted by atomic mass is 10.2. The van der Waals surface area contributed by atoms with E-state index in [1.165, 1.54) is 18.2 Å². The summed E-state index contributed by atoms with van der Waals surface area (Å²) in [6.45, 7) is 0.198. The largest absolute Gasteiger partial charge is 0.481 e. The summed E-state index contributed by atoms with van der Waals surface area (Å²) in [6.07, 6.45) is 4.67. The van der Waals surface area contributed by atoms with E-state index in [0.717, 1.165) is 12.8 Å². The number of benzene rings is 1. The molecule has 1 aliphatic rings. The van der Waals surface area contributed by atoms with E-state index in [9.17, 15) is 19.7 Å². The fourth-order valence-corrected chi connectivity index (χ4v) is 2.05. The van der Waals surface area contributed by atoms with Gasteiger partial charge in [0.1, 0.15) is 0 Å². The molecule has 0 aliphatic heterocycles. The lowest BCUT2D eigenvalue weighted by molar-refractivity contribution is -0.384. The van der Waals surface area contributed by atoms with Crippen molar-refractivity contribution in [2.45, 2.75) is 25.3 Å².